The van der Waals surface area contributed by atoms with E-state index in [9.17, 15) is 4.79 Å². The van der Waals surface area contributed by atoms with E-state index in [1.54, 1.807) is 13.8 Å². The molecule has 0 rings (SSSR count). The number of ether oxygens (including phenoxy) is 2. The third-order valence-corrected chi connectivity index (χ3v) is 7.48. The Morgan fingerprint density at radius 3 is 1.76 bits per heavy atom. The van der Waals surface area contributed by atoms with Crippen molar-refractivity contribution >= 4 is 19.3 Å². The fourth-order valence-electron chi connectivity index (χ4n) is 3.61. The summed E-state index contributed by atoms with van der Waals surface area (Å²) < 4.78 is 22.2. The number of unbranched alkanes of at least 4 members (excludes halogenated alkanes) is 13. The highest BCUT2D eigenvalue weighted by Crippen LogP contribution is 2.45. The molecule has 0 fully saturated rings. The minimum atomic E-state index is -2.43. The number of allylic oxidation sites excluding steroid dienone is 2. The van der Waals surface area contributed by atoms with Crippen molar-refractivity contribution in [2.45, 2.75) is 130 Å². The SMILES string of the molecule is C/C=C/C=P(C)(OCCCOCCCCCCCCCCCCCCCC)OC(=O)OC(C)C. The molecule has 0 radical (unpaired) electrons. The summed E-state index contributed by atoms with van der Waals surface area (Å²) in [5.74, 6) is 1.82. The van der Waals surface area contributed by atoms with Crippen molar-refractivity contribution in [2.24, 2.45) is 0 Å². The van der Waals surface area contributed by atoms with Gasteiger partial charge < -0.3 is 18.5 Å². The van der Waals surface area contributed by atoms with E-state index in [0.29, 0.717) is 13.2 Å². The summed E-state index contributed by atoms with van der Waals surface area (Å²) in [7, 11) is -2.43. The normalized spacial score (nSPS) is 13.4. The molecule has 34 heavy (non-hydrogen) atoms. The van der Waals surface area contributed by atoms with Crippen molar-refractivity contribution in [3.63, 3.8) is 0 Å². The predicted molar refractivity (Wildman–Crippen MR) is 148 cm³/mol. The van der Waals surface area contributed by atoms with Crippen LogP contribution < -0.4 is 0 Å². The Bertz CT molecular complexity index is 545. The summed E-state index contributed by atoms with van der Waals surface area (Å²) in [6, 6.07) is 0. The van der Waals surface area contributed by atoms with Crippen molar-refractivity contribution in [3.8, 4) is 0 Å². The predicted octanol–water partition coefficient (Wildman–Crippen LogP) is 9.31. The lowest BCUT2D eigenvalue weighted by Crippen LogP contribution is -2.13. The molecule has 0 aliphatic carbocycles. The van der Waals surface area contributed by atoms with E-state index < -0.39 is 13.5 Å². The monoisotopic (exact) mass is 502 g/mol. The van der Waals surface area contributed by atoms with E-state index in [4.69, 9.17) is 18.5 Å². The maximum Gasteiger partial charge on any atom is 0.513 e. The van der Waals surface area contributed by atoms with E-state index in [1.165, 1.54) is 83.5 Å². The summed E-state index contributed by atoms with van der Waals surface area (Å²) in [4.78, 5) is 11.9. The molecule has 0 N–H and O–H groups in total. The average molecular weight is 503 g/mol. The molecule has 0 spiro atoms. The minimum Gasteiger partial charge on any atom is -0.431 e. The number of hydrogen-bond acceptors (Lipinski definition) is 5. The fraction of sp³-hybridized carbons (Fsp3) is 0.857. The molecule has 1 atom stereocenters. The first-order chi connectivity index (χ1) is 16.4. The van der Waals surface area contributed by atoms with Gasteiger partial charge in [0.1, 0.15) is 0 Å². The van der Waals surface area contributed by atoms with Gasteiger partial charge >= 0.3 is 6.16 Å². The number of carbonyl (C=O) groups excluding carboxylic acids is 1. The smallest absolute Gasteiger partial charge is 0.431 e. The zero-order valence-corrected chi connectivity index (χ0v) is 23.9. The van der Waals surface area contributed by atoms with Crippen LogP contribution in [-0.4, -0.2) is 44.5 Å². The molecule has 1 unspecified atom stereocenters. The van der Waals surface area contributed by atoms with Crippen molar-refractivity contribution in [2.75, 3.05) is 26.5 Å². The summed E-state index contributed by atoms with van der Waals surface area (Å²) in [5.41, 5.74) is 0. The third kappa shape index (κ3) is 23.0. The maximum absolute atomic E-state index is 11.9. The average Bonchev–Trinajstić information content (AvgIpc) is 2.78. The molecule has 0 aromatic rings. The highest BCUT2D eigenvalue weighted by molar-refractivity contribution is 7.65. The molecule has 0 saturated carbocycles. The van der Waals surface area contributed by atoms with E-state index in [-0.39, 0.29) is 6.10 Å². The van der Waals surface area contributed by atoms with Crippen LogP contribution in [0.3, 0.4) is 0 Å². The third-order valence-electron chi connectivity index (χ3n) is 5.56. The van der Waals surface area contributed by atoms with Gasteiger partial charge in [0.15, 0.2) is 7.34 Å². The Labute approximate surface area is 211 Å². The first-order valence-electron chi connectivity index (χ1n) is 13.9. The lowest BCUT2D eigenvalue weighted by molar-refractivity contribution is 0.0701. The van der Waals surface area contributed by atoms with Gasteiger partial charge in [-0.25, -0.2) is 4.79 Å². The van der Waals surface area contributed by atoms with Gasteiger partial charge in [0.25, 0.3) is 0 Å². The van der Waals surface area contributed by atoms with Crippen LogP contribution in [0, 0.1) is 0 Å². The maximum atomic E-state index is 11.9. The van der Waals surface area contributed by atoms with E-state index in [2.05, 4.69) is 6.92 Å². The Hall–Kier alpha value is -0.770. The first-order valence-corrected chi connectivity index (χ1v) is 16.0. The molecule has 0 aromatic heterocycles. The molecule has 0 saturated heterocycles. The van der Waals surface area contributed by atoms with Crippen molar-refractivity contribution < 1.29 is 23.3 Å². The Kier molecular flexibility index (Phi) is 23.4. The van der Waals surface area contributed by atoms with Crippen LogP contribution >= 0.6 is 7.34 Å². The first kappa shape index (κ1) is 33.2. The van der Waals surface area contributed by atoms with Crippen LogP contribution in [0.4, 0.5) is 4.79 Å². The fourth-order valence-corrected chi connectivity index (χ4v) is 5.13. The van der Waals surface area contributed by atoms with Gasteiger partial charge in [0.2, 0.25) is 0 Å². The van der Waals surface area contributed by atoms with Gasteiger partial charge in [0.05, 0.1) is 12.7 Å². The second-order valence-corrected chi connectivity index (χ2v) is 12.0. The zero-order valence-electron chi connectivity index (χ0n) is 23.0. The Morgan fingerprint density at radius 2 is 1.26 bits per heavy atom. The van der Waals surface area contributed by atoms with Crippen LogP contribution in [0.5, 0.6) is 0 Å². The largest absolute Gasteiger partial charge is 0.513 e. The van der Waals surface area contributed by atoms with E-state index >= 15 is 0 Å². The lowest BCUT2D eigenvalue weighted by Gasteiger charge is -2.21. The second kappa shape index (κ2) is 23.9. The summed E-state index contributed by atoms with van der Waals surface area (Å²) >= 11 is 0. The van der Waals surface area contributed by atoms with E-state index in [1.807, 2.05) is 31.5 Å². The molecular formula is C28H55O5P. The van der Waals surface area contributed by atoms with Crippen LogP contribution in [0.2, 0.25) is 0 Å². The lowest BCUT2D eigenvalue weighted by atomic mass is 10.0. The van der Waals surface area contributed by atoms with Gasteiger partial charge in [-0.2, -0.15) is 0 Å². The van der Waals surface area contributed by atoms with Gasteiger partial charge in [-0.15, -0.1) is 0 Å². The minimum absolute atomic E-state index is 0.217. The van der Waals surface area contributed by atoms with E-state index in [0.717, 1.165) is 19.4 Å². The highest BCUT2D eigenvalue weighted by atomic mass is 31.2. The van der Waals surface area contributed by atoms with Crippen LogP contribution in [0.15, 0.2) is 12.2 Å². The molecule has 6 heteroatoms. The van der Waals surface area contributed by atoms with Crippen molar-refractivity contribution in [1.82, 2.24) is 0 Å². The molecule has 5 nitrogen and oxygen atoms in total. The standard InChI is InChI=1S/C28H55O5P/c1-6-8-10-11-12-13-14-15-16-17-18-19-20-21-23-30-24-22-25-31-34(5,26-9-7-2)33-28(29)32-27(3)4/h7,9,26-27H,6,8,10-25H2,1-5H3/b9-7+. The highest BCUT2D eigenvalue weighted by Gasteiger charge is 2.19. The molecule has 0 bridgehead atoms. The topological polar surface area (TPSA) is 54.0 Å². The van der Waals surface area contributed by atoms with Crippen molar-refractivity contribution in [3.05, 3.63) is 12.2 Å². The second-order valence-electron chi connectivity index (χ2n) is 9.49. The number of hydrogen-bond donors (Lipinski definition) is 0. The zero-order chi connectivity index (χ0) is 25.3. The summed E-state index contributed by atoms with van der Waals surface area (Å²) in [5, 5.41) is 0. The molecule has 0 aliphatic rings. The quantitative estimate of drug-likeness (QED) is 0.0791. The van der Waals surface area contributed by atoms with Crippen LogP contribution in [-0.2, 0) is 18.5 Å². The molecule has 0 heterocycles. The molecule has 202 valence electrons. The summed E-state index contributed by atoms with van der Waals surface area (Å²) in [6.45, 7) is 11.6. The molecule has 0 aliphatic heterocycles. The van der Waals surface area contributed by atoms with Crippen LogP contribution in [0.1, 0.15) is 124 Å². The Morgan fingerprint density at radius 1 is 0.765 bits per heavy atom. The Balaban J connectivity index is 3.61. The molecule has 0 amide bonds. The van der Waals surface area contributed by atoms with Crippen LogP contribution in [0.25, 0.3) is 0 Å². The van der Waals surface area contributed by atoms with Gasteiger partial charge in [-0.3, -0.25) is 0 Å². The molecule has 0 aromatic carbocycles. The van der Waals surface area contributed by atoms with Crippen molar-refractivity contribution in [1.29, 1.82) is 0 Å². The number of carbonyl (C=O) groups is 1. The summed E-state index contributed by atoms with van der Waals surface area (Å²) in [6.07, 6.45) is 22.8. The van der Waals surface area contributed by atoms with Gasteiger partial charge in [0, 0.05) is 19.9 Å². The van der Waals surface area contributed by atoms with Gasteiger partial charge in [-0.1, -0.05) is 103 Å². The van der Waals surface area contributed by atoms with Gasteiger partial charge in [-0.05, 0) is 39.4 Å². The molecular weight excluding hydrogens is 447 g/mol. The number of rotatable bonds is 23.